The van der Waals surface area contributed by atoms with Gasteiger partial charge in [0.25, 0.3) is 0 Å². The van der Waals surface area contributed by atoms with Crippen molar-refractivity contribution in [1.82, 2.24) is 5.43 Å². The summed E-state index contributed by atoms with van der Waals surface area (Å²) < 4.78 is 0. The Kier molecular flexibility index (Phi) is 5.96. The summed E-state index contributed by atoms with van der Waals surface area (Å²) in [6.07, 6.45) is 7.05. The molecule has 1 unspecified atom stereocenters. The highest BCUT2D eigenvalue weighted by molar-refractivity contribution is 6.36. The summed E-state index contributed by atoms with van der Waals surface area (Å²) in [6, 6.07) is 5.92. The Morgan fingerprint density at radius 3 is 2.24 bits per heavy atom. The molecule has 1 fully saturated rings. The van der Waals surface area contributed by atoms with Gasteiger partial charge in [-0.15, -0.1) is 0 Å². The van der Waals surface area contributed by atoms with Crippen molar-refractivity contribution >= 4 is 23.2 Å². The Hall–Kier alpha value is -0.280. The lowest BCUT2D eigenvalue weighted by Gasteiger charge is -2.39. The SMILES string of the molecule is CC(C)CC1(C(Cc2c(Cl)cccc2Cl)NN)CCCC1. The van der Waals surface area contributed by atoms with E-state index in [1.54, 1.807) is 0 Å². The fraction of sp³-hybridized carbons (Fsp3) is 0.647. The third-order valence-corrected chi connectivity index (χ3v) is 5.53. The summed E-state index contributed by atoms with van der Waals surface area (Å²) in [4.78, 5) is 0. The van der Waals surface area contributed by atoms with Crippen molar-refractivity contribution in [2.24, 2.45) is 17.2 Å². The van der Waals surface area contributed by atoms with Gasteiger partial charge in [-0.25, -0.2) is 0 Å². The molecule has 21 heavy (non-hydrogen) atoms. The Bertz CT molecular complexity index is 448. The Morgan fingerprint density at radius 2 is 1.76 bits per heavy atom. The van der Waals surface area contributed by atoms with Gasteiger partial charge in [0.05, 0.1) is 0 Å². The van der Waals surface area contributed by atoms with E-state index in [-0.39, 0.29) is 11.5 Å². The van der Waals surface area contributed by atoms with Crippen LogP contribution in [-0.4, -0.2) is 6.04 Å². The molecule has 0 saturated heterocycles. The molecule has 2 nitrogen and oxygen atoms in total. The van der Waals surface area contributed by atoms with Gasteiger partial charge in [0.2, 0.25) is 0 Å². The fourth-order valence-corrected chi connectivity index (χ4v) is 4.52. The first kappa shape index (κ1) is 17.1. The first-order valence-electron chi connectivity index (χ1n) is 7.87. The number of nitrogens with two attached hydrogens (primary N) is 1. The molecule has 2 rings (SSSR count). The molecule has 0 aromatic heterocycles. The summed E-state index contributed by atoms with van der Waals surface area (Å²) in [5, 5.41) is 1.47. The highest BCUT2D eigenvalue weighted by atomic mass is 35.5. The van der Waals surface area contributed by atoms with Gasteiger partial charge in [-0.2, -0.15) is 0 Å². The van der Waals surface area contributed by atoms with Crippen molar-refractivity contribution in [2.75, 3.05) is 0 Å². The second kappa shape index (κ2) is 7.32. The van der Waals surface area contributed by atoms with Crippen LogP contribution in [0, 0.1) is 11.3 Å². The molecule has 1 aliphatic carbocycles. The molecule has 0 spiro atoms. The van der Waals surface area contributed by atoms with Gasteiger partial charge in [0, 0.05) is 16.1 Å². The highest BCUT2D eigenvalue weighted by Crippen LogP contribution is 2.47. The molecule has 0 aliphatic heterocycles. The molecule has 1 aromatic rings. The monoisotopic (exact) mass is 328 g/mol. The average Bonchev–Trinajstić information content (AvgIpc) is 2.87. The largest absolute Gasteiger partial charge is 0.271 e. The van der Waals surface area contributed by atoms with E-state index in [0.29, 0.717) is 5.92 Å². The maximum absolute atomic E-state index is 6.34. The molecule has 0 heterocycles. The van der Waals surface area contributed by atoms with Gasteiger partial charge in [-0.3, -0.25) is 11.3 Å². The van der Waals surface area contributed by atoms with Crippen LogP contribution >= 0.6 is 23.2 Å². The van der Waals surface area contributed by atoms with Crippen molar-refractivity contribution < 1.29 is 0 Å². The molecule has 1 aliphatic rings. The maximum atomic E-state index is 6.34. The van der Waals surface area contributed by atoms with Crippen LogP contribution in [0.25, 0.3) is 0 Å². The zero-order chi connectivity index (χ0) is 15.5. The third-order valence-electron chi connectivity index (χ3n) is 4.82. The number of nitrogens with one attached hydrogen (secondary N) is 1. The predicted octanol–water partition coefficient (Wildman–Crippen LogP) is 4.97. The number of hydrogen-bond donors (Lipinski definition) is 2. The second-order valence-electron chi connectivity index (χ2n) is 6.79. The van der Waals surface area contributed by atoms with Crippen LogP contribution in [0.4, 0.5) is 0 Å². The standard InChI is InChI=1S/C17H26Cl2N2/c1-12(2)11-17(8-3-4-9-17)16(21-20)10-13-14(18)6-5-7-15(13)19/h5-7,12,16,21H,3-4,8-11,20H2,1-2H3. The van der Waals surface area contributed by atoms with Gasteiger partial charge in [-0.05, 0) is 54.7 Å². The molecule has 3 N–H and O–H groups in total. The zero-order valence-corrected chi connectivity index (χ0v) is 14.5. The van der Waals surface area contributed by atoms with Crippen LogP contribution in [0.5, 0.6) is 0 Å². The lowest BCUT2D eigenvalue weighted by Crippen LogP contribution is -2.49. The van der Waals surface area contributed by atoms with E-state index in [4.69, 9.17) is 29.0 Å². The summed E-state index contributed by atoms with van der Waals surface area (Å²) in [5.41, 5.74) is 4.36. The molecule has 4 heteroatoms. The minimum Gasteiger partial charge on any atom is -0.271 e. The molecule has 0 bridgehead atoms. The number of hydrogen-bond acceptors (Lipinski definition) is 2. The topological polar surface area (TPSA) is 38.0 Å². The minimum atomic E-state index is 0.222. The summed E-state index contributed by atoms with van der Waals surface area (Å²) in [7, 11) is 0. The van der Waals surface area contributed by atoms with Gasteiger partial charge >= 0.3 is 0 Å². The molecule has 1 atom stereocenters. The second-order valence-corrected chi connectivity index (χ2v) is 7.61. The molecule has 0 amide bonds. The van der Waals surface area contributed by atoms with Gasteiger partial charge < -0.3 is 0 Å². The normalized spacial score (nSPS) is 19.1. The van der Waals surface area contributed by atoms with Gasteiger partial charge in [0.1, 0.15) is 0 Å². The maximum Gasteiger partial charge on any atom is 0.0453 e. The van der Waals surface area contributed by atoms with Crippen LogP contribution in [-0.2, 0) is 6.42 Å². The lowest BCUT2D eigenvalue weighted by atomic mass is 9.71. The van der Waals surface area contributed by atoms with Crippen molar-refractivity contribution in [2.45, 2.75) is 58.4 Å². The summed E-state index contributed by atoms with van der Waals surface area (Å²) >= 11 is 12.7. The minimum absolute atomic E-state index is 0.222. The molecular formula is C17H26Cl2N2. The van der Waals surface area contributed by atoms with Crippen LogP contribution in [0.1, 0.15) is 51.5 Å². The smallest absolute Gasteiger partial charge is 0.0453 e. The highest BCUT2D eigenvalue weighted by Gasteiger charge is 2.41. The zero-order valence-electron chi connectivity index (χ0n) is 13.0. The number of halogens is 2. The molecule has 0 radical (unpaired) electrons. The van der Waals surface area contributed by atoms with E-state index in [0.717, 1.165) is 22.0 Å². The van der Waals surface area contributed by atoms with Crippen LogP contribution in [0.2, 0.25) is 10.0 Å². The van der Waals surface area contributed by atoms with Crippen molar-refractivity contribution in [3.05, 3.63) is 33.8 Å². The van der Waals surface area contributed by atoms with Crippen LogP contribution in [0.15, 0.2) is 18.2 Å². The average molecular weight is 329 g/mol. The number of benzene rings is 1. The quantitative estimate of drug-likeness (QED) is 0.571. The lowest BCUT2D eigenvalue weighted by molar-refractivity contribution is 0.154. The Labute approximate surface area is 138 Å². The van der Waals surface area contributed by atoms with E-state index in [1.165, 1.54) is 32.1 Å². The fourth-order valence-electron chi connectivity index (χ4n) is 3.97. The van der Waals surface area contributed by atoms with Crippen molar-refractivity contribution in [3.8, 4) is 0 Å². The molecule has 1 aromatic carbocycles. The predicted molar refractivity (Wildman–Crippen MR) is 91.6 cm³/mol. The van der Waals surface area contributed by atoms with E-state index in [2.05, 4.69) is 19.3 Å². The number of hydrazine groups is 1. The Balaban J connectivity index is 2.25. The molecular weight excluding hydrogens is 303 g/mol. The summed E-state index contributed by atoms with van der Waals surface area (Å²) in [6.45, 7) is 4.58. The van der Waals surface area contributed by atoms with Gasteiger partial charge in [0.15, 0.2) is 0 Å². The van der Waals surface area contributed by atoms with E-state index < -0.39 is 0 Å². The van der Waals surface area contributed by atoms with Crippen molar-refractivity contribution in [3.63, 3.8) is 0 Å². The van der Waals surface area contributed by atoms with E-state index >= 15 is 0 Å². The van der Waals surface area contributed by atoms with E-state index in [9.17, 15) is 0 Å². The van der Waals surface area contributed by atoms with Crippen LogP contribution in [0.3, 0.4) is 0 Å². The van der Waals surface area contributed by atoms with E-state index in [1.807, 2.05) is 18.2 Å². The Morgan fingerprint density at radius 1 is 1.19 bits per heavy atom. The molecule has 1 saturated carbocycles. The van der Waals surface area contributed by atoms with Gasteiger partial charge in [-0.1, -0.05) is 56.0 Å². The third kappa shape index (κ3) is 3.92. The first-order chi connectivity index (χ1) is 9.98. The van der Waals surface area contributed by atoms with Crippen molar-refractivity contribution in [1.29, 1.82) is 0 Å². The summed E-state index contributed by atoms with van der Waals surface area (Å²) in [5.74, 6) is 6.59. The number of rotatable bonds is 6. The molecule has 118 valence electrons. The first-order valence-corrected chi connectivity index (χ1v) is 8.63. The van der Waals surface area contributed by atoms with Crippen LogP contribution < -0.4 is 11.3 Å².